The van der Waals surface area contributed by atoms with Gasteiger partial charge in [0.2, 0.25) is 0 Å². The molecule has 0 spiro atoms. The molecule has 0 aromatic carbocycles. The fourth-order valence-corrected chi connectivity index (χ4v) is 1.38. The first kappa shape index (κ1) is 13.2. The SMILES string of the molecule is CNCc1ccn(CCCOCCOC)n1. The number of ether oxygens (including phenoxy) is 2. The van der Waals surface area contributed by atoms with Crippen molar-refractivity contribution in [3.8, 4) is 0 Å². The van der Waals surface area contributed by atoms with Crippen molar-refractivity contribution in [2.45, 2.75) is 19.5 Å². The van der Waals surface area contributed by atoms with Crippen LogP contribution in [0, 0.1) is 0 Å². The maximum absolute atomic E-state index is 5.37. The molecular formula is C11H21N3O2. The number of aromatic nitrogens is 2. The van der Waals surface area contributed by atoms with Crippen molar-refractivity contribution in [3.63, 3.8) is 0 Å². The Kier molecular flexibility index (Phi) is 6.80. The predicted octanol–water partition coefficient (Wildman–Crippen LogP) is 0.656. The summed E-state index contributed by atoms with van der Waals surface area (Å²) in [6.07, 6.45) is 2.98. The van der Waals surface area contributed by atoms with Gasteiger partial charge in [-0.05, 0) is 19.5 Å². The van der Waals surface area contributed by atoms with Gasteiger partial charge in [0.25, 0.3) is 0 Å². The second-order valence-corrected chi connectivity index (χ2v) is 3.56. The number of methoxy groups -OCH3 is 1. The minimum atomic E-state index is 0.661. The van der Waals surface area contributed by atoms with Gasteiger partial charge in [0.05, 0.1) is 18.9 Å². The molecule has 0 saturated carbocycles. The van der Waals surface area contributed by atoms with Crippen LogP contribution in [0.5, 0.6) is 0 Å². The fraction of sp³-hybridized carbons (Fsp3) is 0.727. The van der Waals surface area contributed by atoms with E-state index in [0.29, 0.717) is 13.2 Å². The van der Waals surface area contributed by atoms with E-state index in [1.165, 1.54) is 0 Å². The summed E-state index contributed by atoms with van der Waals surface area (Å²) in [6.45, 7) is 3.80. The fourth-order valence-electron chi connectivity index (χ4n) is 1.38. The zero-order chi connectivity index (χ0) is 11.6. The van der Waals surface area contributed by atoms with Gasteiger partial charge < -0.3 is 14.8 Å². The highest BCUT2D eigenvalue weighted by molar-refractivity contribution is 4.97. The number of rotatable bonds is 9. The Morgan fingerprint density at radius 3 is 3.00 bits per heavy atom. The van der Waals surface area contributed by atoms with E-state index in [1.54, 1.807) is 7.11 Å². The molecule has 0 aliphatic heterocycles. The number of nitrogens with one attached hydrogen (secondary N) is 1. The summed E-state index contributed by atoms with van der Waals surface area (Å²) in [6, 6.07) is 2.03. The van der Waals surface area contributed by atoms with Crippen LogP contribution >= 0.6 is 0 Å². The van der Waals surface area contributed by atoms with E-state index in [4.69, 9.17) is 9.47 Å². The third-order valence-corrected chi connectivity index (χ3v) is 2.16. The second kappa shape index (κ2) is 8.27. The lowest BCUT2D eigenvalue weighted by atomic mass is 10.4. The molecule has 1 N–H and O–H groups in total. The number of hydrogen-bond donors (Lipinski definition) is 1. The maximum Gasteiger partial charge on any atom is 0.0762 e. The summed E-state index contributed by atoms with van der Waals surface area (Å²) in [5, 5.41) is 7.48. The Balaban J connectivity index is 2.07. The summed E-state index contributed by atoms with van der Waals surface area (Å²) in [5.74, 6) is 0. The minimum Gasteiger partial charge on any atom is -0.382 e. The third kappa shape index (κ3) is 5.25. The highest BCUT2D eigenvalue weighted by Gasteiger charge is 1.97. The molecule has 0 saturated heterocycles. The van der Waals surface area contributed by atoms with Crippen LogP contribution in [0.25, 0.3) is 0 Å². The van der Waals surface area contributed by atoms with E-state index in [1.807, 2.05) is 24.0 Å². The molecule has 16 heavy (non-hydrogen) atoms. The van der Waals surface area contributed by atoms with E-state index in [2.05, 4.69) is 10.4 Å². The van der Waals surface area contributed by atoms with Crippen molar-refractivity contribution in [1.82, 2.24) is 15.1 Å². The van der Waals surface area contributed by atoms with Gasteiger partial charge in [-0.3, -0.25) is 4.68 Å². The minimum absolute atomic E-state index is 0.661. The van der Waals surface area contributed by atoms with Gasteiger partial charge in [0.1, 0.15) is 0 Å². The van der Waals surface area contributed by atoms with Gasteiger partial charge in [0.15, 0.2) is 0 Å². The van der Waals surface area contributed by atoms with Crippen molar-refractivity contribution >= 4 is 0 Å². The first-order valence-electron chi connectivity index (χ1n) is 5.60. The molecule has 0 unspecified atom stereocenters. The summed E-state index contributed by atoms with van der Waals surface area (Å²) >= 11 is 0. The third-order valence-electron chi connectivity index (χ3n) is 2.16. The highest BCUT2D eigenvalue weighted by Crippen LogP contribution is 1.96. The first-order valence-corrected chi connectivity index (χ1v) is 5.60. The first-order chi connectivity index (χ1) is 7.86. The molecule has 1 rings (SSSR count). The summed E-state index contributed by atoms with van der Waals surface area (Å²) < 4.78 is 12.2. The molecule has 0 aliphatic carbocycles. The van der Waals surface area contributed by atoms with Crippen molar-refractivity contribution in [1.29, 1.82) is 0 Å². The summed E-state index contributed by atoms with van der Waals surface area (Å²) in [7, 11) is 3.60. The monoisotopic (exact) mass is 227 g/mol. The molecule has 0 radical (unpaired) electrons. The van der Waals surface area contributed by atoms with Crippen LogP contribution in [0.3, 0.4) is 0 Å². The van der Waals surface area contributed by atoms with E-state index >= 15 is 0 Å². The average Bonchev–Trinajstić information content (AvgIpc) is 2.72. The van der Waals surface area contributed by atoms with Crippen LogP contribution in [0.15, 0.2) is 12.3 Å². The summed E-state index contributed by atoms with van der Waals surface area (Å²) in [5.41, 5.74) is 1.07. The molecule has 1 heterocycles. The van der Waals surface area contributed by atoms with E-state index in [0.717, 1.165) is 31.8 Å². The molecule has 92 valence electrons. The van der Waals surface area contributed by atoms with E-state index < -0.39 is 0 Å². The van der Waals surface area contributed by atoms with Crippen LogP contribution in [-0.4, -0.2) is 43.8 Å². The Labute approximate surface area is 96.7 Å². The topological polar surface area (TPSA) is 48.3 Å². The highest BCUT2D eigenvalue weighted by atomic mass is 16.5. The summed E-state index contributed by atoms with van der Waals surface area (Å²) in [4.78, 5) is 0. The molecule has 0 fully saturated rings. The average molecular weight is 227 g/mol. The lowest BCUT2D eigenvalue weighted by Gasteiger charge is -2.03. The van der Waals surface area contributed by atoms with Crippen molar-refractivity contribution in [3.05, 3.63) is 18.0 Å². The standard InChI is InChI=1S/C11H21N3O2/c1-12-10-11-4-6-14(13-11)5-3-7-16-9-8-15-2/h4,6,12H,3,5,7-10H2,1-2H3. The Morgan fingerprint density at radius 1 is 1.38 bits per heavy atom. The second-order valence-electron chi connectivity index (χ2n) is 3.56. The Morgan fingerprint density at radius 2 is 2.25 bits per heavy atom. The van der Waals surface area contributed by atoms with Crippen molar-refractivity contribution < 1.29 is 9.47 Å². The largest absolute Gasteiger partial charge is 0.382 e. The maximum atomic E-state index is 5.37. The lowest BCUT2D eigenvalue weighted by Crippen LogP contribution is -2.09. The molecule has 0 atom stereocenters. The van der Waals surface area contributed by atoms with Gasteiger partial charge in [0, 0.05) is 33.0 Å². The van der Waals surface area contributed by atoms with Crippen LogP contribution in [0.4, 0.5) is 0 Å². The van der Waals surface area contributed by atoms with Crippen LogP contribution in [-0.2, 0) is 22.6 Å². The van der Waals surface area contributed by atoms with Crippen molar-refractivity contribution in [2.75, 3.05) is 34.0 Å². The molecule has 0 amide bonds. The molecule has 5 heteroatoms. The Bertz CT molecular complexity index is 276. The zero-order valence-corrected chi connectivity index (χ0v) is 10.1. The van der Waals surface area contributed by atoms with Gasteiger partial charge in [-0.15, -0.1) is 0 Å². The molecule has 0 aliphatic rings. The predicted molar refractivity (Wildman–Crippen MR) is 62.3 cm³/mol. The number of aryl methyl sites for hydroxylation is 1. The van der Waals surface area contributed by atoms with Crippen molar-refractivity contribution in [2.24, 2.45) is 0 Å². The zero-order valence-electron chi connectivity index (χ0n) is 10.1. The normalized spacial score (nSPS) is 10.9. The molecule has 1 aromatic heterocycles. The molecule has 1 aromatic rings. The van der Waals surface area contributed by atoms with Crippen LogP contribution < -0.4 is 5.32 Å². The van der Waals surface area contributed by atoms with Gasteiger partial charge in [-0.25, -0.2) is 0 Å². The molecule has 0 bridgehead atoms. The van der Waals surface area contributed by atoms with E-state index in [-0.39, 0.29) is 0 Å². The lowest BCUT2D eigenvalue weighted by molar-refractivity contribution is 0.0677. The van der Waals surface area contributed by atoms with Crippen LogP contribution in [0.1, 0.15) is 12.1 Å². The molecular weight excluding hydrogens is 206 g/mol. The Hall–Kier alpha value is -0.910. The number of hydrogen-bond acceptors (Lipinski definition) is 4. The number of nitrogens with zero attached hydrogens (tertiary/aromatic N) is 2. The quantitative estimate of drug-likeness (QED) is 0.629. The van der Waals surface area contributed by atoms with Gasteiger partial charge in [-0.1, -0.05) is 0 Å². The smallest absolute Gasteiger partial charge is 0.0762 e. The molecule has 5 nitrogen and oxygen atoms in total. The van der Waals surface area contributed by atoms with Crippen LogP contribution in [0.2, 0.25) is 0 Å². The van der Waals surface area contributed by atoms with E-state index in [9.17, 15) is 0 Å². The van der Waals surface area contributed by atoms with Gasteiger partial charge in [-0.2, -0.15) is 5.10 Å². The van der Waals surface area contributed by atoms with Gasteiger partial charge >= 0.3 is 0 Å².